The fourth-order valence-corrected chi connectivity index (χ4v) is 3.61. The number of aliphatic carboxylic acids is 1. The van der Waals surface area contributed by atoms with Crippen molar-refractivity contribution in [1.29, 1.82) is 0 Å². The zero-order chi connectivity index (χ0) is 16.4. The van der Waals surface area contributed by atoms with Crippen molar-refractivity contribution in [3.8, 4) is 0 Å². The molecule has 22 heavy (non-hydrogen) atoms. The minimum atomic E-state index is -3.56. The summed E-state index contributed by atoms with van der Waals surface area (Å²) >= 11 is 0. The molecule has 1 saturated heterocycles. The van der Waals surface area contributed by atoms with Gasteiger partial charge in [0.1, 0.15) is 5.82 Å². The van der Waals surface area contributed by atoms with Crippen molar-refractivity contribution in [3.05, 3.63) is 18.3 Å². The van der Waals surface area contributed by atoms with Gasteiger partial charge in [-0.1, -0.05) is 0 Å². The molecule has 8 nitrogen and oxygen atoms in total. The average Bonchev–Trinajstić information content (AvgIpc) is 3.00. The second-order valence-electron chi connectivity index (χ2n) is 5.42. The number of aliphatic hydroxyl groups is 1. The monoisotopic (exact) mass is 329 g/mol. The number of nitrogens with one attached hydrogen (secondary N) is 1. The highest BCUT2D eigenvalue weighted by atomic mass is 32.2. The van der Waals surface area contributed by atoms with Gasteiger partial charge in [0.15, 0.2) is 5.60 Å². The normalized spacial score (nSPS) is 18.8. The summed E-state index contributed by atoms with van der Waals surface area (Å²) in [4.78, 5) is 14.9. The Morgan fingerprint density at radius 1 is 1.45 bits per heavy atom. The van der Waals surface area contributed by atoms with E-state index >= 15 is 0 Å². The van der Waals surface area contributed by atoms with Gasteiger partial charge >= 0.3 is 5.97 Å². The third kappa shape index (κ3) is 3.54. The van der Waals surface area contributed by atoms with E-state index in [-0.39, 0.29) is 17.3 Å². The molecule has 2 rings (SSSR count). The van der Waals surface area contributed by atoms with E-state index < -0.39 is 21.6 Å². The highest BCUT2D eigenvalue weighted by Gasteiger charge is 2.30. The molecular weight excluding hydrogens is 310 g/mol. The zero-order valence-corrected chi connectivity index (χ0v) is 13.0. The number of carboxylic acids is 1. The first-order valence-corrected chi connectivity index (χ1v) is 8.33. The maximum Gasteiger partial charge on any atom is 0.337 e. The molecule has 0 bridgehead atoms. The van der Waals surface area contributed by atoms with Crippen LogP contribution in [0.1, 0.15) is 19.8 Å². The number of hydrogen-bond donors (Lipinski definition) is 3. The number of rotatable bonds is 6. The van der Waals surface area contributed by atoms with Gasteiger partial charge in [-0.2, -0.15) is 4.31 Å². The van der Waals surface area contributed by atoms with E-state index in [2.05, 4.69) is 10.3 Å². The SMILES string of the molecule is CC(O)(CNc1cc(S(=O)(=O)N2CCCC2)ccn1)C(=O)O. The van der Waals surface area contributed by atoms with E-state index in [1.54, 1.807) is 0 Å². The van der Waals surface area contributed by atoms with Gasteiger partial charge < -0.3 is 15.5 Å². The van der Waals surface area contributed by atoms with Gasteiger partial charge in [-0.05, 0) is 25.8 Å². The molecule has 0 aromatic carbocycles. The fraction of sp³-hybridized carbons (Fsp3) is 0.538. The smallest absolute Gasteiger partial charge is 0.337 e. The molecule has 1 aliphatic heterocycles. The summed E-state index contributed by atoms with van der Waals surface area (Å²) in [6.45, 7) is 1.86. The van der Waals surface area contributed by atoms with Crippen molar-refractivity contribution in [2.24, 2.45) is 0 Å². The molecule has 1 unspecified atom stereocenters. The lowest BCUT2D eigenvalue weighted by Gasteiger charge is -2.19. The first-order valence-electron chi connectivity index (χ1n) is 6.89. The minimum Gasteiger partial charge on any atom is -0.479 e. The van der Waals surface area contributed by atoms with Crippen LogP contribution in [0.25, 0.3) is 0 Å². The summed E-state index contributed by atoms with van der Waals surface area (Å²) in [5.74, 6) is -1.18. The summed E-state index contributed by atoms with van der Waals surface area (Å²) in [6.07, 6.45) is 3.02. The quantitative estimate of drug-likeness (QED) is 0.677. The van der Waals surface area contributed by atoms with Crippen molar-refractivity contribution in [2.45, 2.75) is 30.3 Å². The van der Waals surface area contributed by atoms with Gasteiger partial charge in [0, 0.05) is 25.4 Å². The van der Waals surface area contributed by atoms with Crippen molar-refractivity contribution >= 4 is 21.8 Å². The minimum absolute atomic E-state index is 0.0990. The summed E-state index contributed by atoms with van der Waals surface area (Å²) in [5.41, 5.74) is -1.97. The lowest BCUT2D eigenvalue weighted by atomic mass is 10.1. The second-order valence-corrected chi connectivity index (χ2v) is 7.36. The number of carboxylic acid groups (broad SMARTS) is 1. The molecule has 2 heterocycles. The van der Waals surface area contributed by atoms with Crippen LogP contribution in [-0.4, -0.2) is 59.1 Å². The molecule has 0 radical (unpaired) electrons. The van der Waals surface area contributed by atoms with Gasteiger partial charge in [-0.3, -0.25) is 0 Å². The van der Waals surface area contributed by atoms with Crippen LogP contribution < -0.4 is 5.32 Å². The lowest BCUT2D eigenvalue weighted by molar-refractivity contribution is -0.155. The highest BCUT2D eigenvalue weighted by molar-refractivity contribution is 7.89. The molecule has 1 fully saturated rings. The number of nitrogens with zero attached hydrogens (tertiary/aromatic N) is 2. The van der Waals surface area contributed by atoms with Crippen LogP contribution in [0, 0.1) is 0 Å². The molecule has 1 aromatic heterocycles. The first-order chi connectivity index (χ1) is 10.2. The van der Waals surface area contributed by atoms with E-state index in [9.17, 15) is 18.3 Å². The molecular formula is C13H19N3O5S. The van der Waals surface area contributed by atoms with Crippen LogP contribution >= 0.6 is 0 Å². The van der Waals surface area contributed by atoms with E-state index in [4.69, 9.17) is 5.11 Å². The highest BCUT2D eigenvalue weighted by Crippen LogP contribution is 2.22. The number of sulfonamides is 1. The maximum atomic E-state index is 12.4. The van der Waals surface area contributed by atoms with Crippen LogP contribution in [0.3, 0.4) is 0 Å². The van der Waals surface area contributed by atoms with Gasteiger partial charge in [0.05, 0.1) is 11.4 Å². The van der Waals surface area contributed by atoms with Crippen molar-refractivity contribution < 1.29 is 23.4 Å². The Hall–Kier alpha value is -1.71. The van der Waals surface area contributed by atoms with E-state index in [1.807, 2.05) is 0 Å². The summed E-state index contributed by atoms with van der Waals surface area (Å²) in [7, 11) is -3.56. The molecule has 1 aliphatic rings. The Morgan fingerprint density at radius 2 is 2.09 bits per heavy atom. The molecule has 0 spiro atoms. The molecule has 3 N–H and O–H groups in total. The Balaban J connectivity index is 2.15. The fourth-order valence-electron chi connectivity index (χ4n) is 2.08. The number of hydrogen-bond acceptors (Lipinski definition) is 6. The third-order valence-electron chi connectivity index (χ3n) is 3.51. The molecule has 9 heteroatoms. The van der Waals surface area contributed by atoms with E-state index in [0.717, 1.165) is 19.8 Å². The van der Waals surface area contributed by atoms with Crippen molar-refractivity contribution in [3.63, 3.8) is 0 Å². The number of carbonyl (C=O) groups is 1. The van der Waals surface area contributed by atoms with Gasteiger partial charge in [0.25, 0.3) is 0 Å². The third-order valence-corrected chi connectivity index (χ3v) is 5.40. The van der Waals surface area contributed by atoms with Crippen molar-refractivity contribution in [1.82, 2.24) is 9.29 Å². The van der Waals surface area contributed by atoms with Gasteiger partial charge in [0.2, 0.25) is 10.0 Å². The Kier molecular flexibility index (Phi) is 4.69. The summed E-state index contributed by atoms with van der Waals surface area (Å²) < 4.78 is 26.3. The van der Waals surface area contributed by atoms with Crippen LogP contribution in [0.4, 0.5) is 5.82 Å². The largest absolute Gasteiger partial charge is 0.479 e. The lowest BCUT2D eigenvalue weighted by Crippen LogP contribution is -2.42. The van der Waals surface area contributed by atoms with E-state index in [0.29, 0.717) is 13.1 Å². The number of pyridine rings is 1. The Bertz CT molecular complexity index is 653. The molecule has 122 valence electrons. The molecule has 0 aliphatic carbocycles. The van der Waals surface area contributed by atoms with Crippen LogP contribution in [0.15, 0.2) is 23.2 Å². The Labute approximate surface area is 128 Å². The van der Waals surface area contributed by atoms with Crippen molar-refractivity contribution in [2.75, 3.05) is 25.0 Å². The van der Waals surface area contributed by atoms with Crippen LogP contribution in [0.2, 0.25) is 0 Å². The predicted octanol–water partition coefficient (Wildman–Crippen LogP) is 0.114. The maximum absolute atomic E-state index is 12.4. The van der Waals surface area contributed by atoms with Crippen LogP contribution in [0.5, 0.6) is 0 Å². The second kappa shape index (κ2) is 6.19. The topological polar surface area (TPSA) is 120 Å². The number of aromatic nitrogens is 1. The molecule has 1 atom stereocenters. The van der Waals surface area contributed by atoms with Crippen LogP contribution in [-0.2, 0) is 14.8 Å². The Morgan fingerprint density at radius 3 is 2.68 bits per heavy atom. The summed E-state index contributed by atoms with van der Waals surface area (Å²) in [6, 6.07) is 2.74. The van der Waals surface area contributed by atoms with Gasteiger partial charge in [-0.15, -0.1) is 0 Å². The molecule has 0 amide bonds. The van der Waals surface area contributed by atoms with Gasteiger partial charge in [-0.25, -0.2) is 18.2 Å². The molecule has 0 saturated carbocycles. The zero-order valence-electron chi connectivity index (χ0n) is 12.2. The number of anilines is 1. The average molecular weight is 329 g/mol. The van der Waals surface area contributed by atoms with E-state index in [1.165, 1.54) is 22.6 Å². The predicted molar refractivity (Wildman–Crippen MR) is 79.0 cm³/mol. The summed E-state index contributed by atoms with van der Waals surface area (Å²) in [5, 5.41) is 21.1. The molecule has 1 aromatic rings. The standard InChI is InChI=1S/C13H19N3O5S/c1-13(19,12(17)18)9-15-11-8-10(4-5-14-11)22(20,21)16-6-2-3-7-16/h4-5,8,19H,2-3,6-7,9H2,1H3,(H,14,15)(H,17,18). The first kappa shape index (κ1) is 16.7.